The molecule has 17 heavy (non-hydrogen) atoms. The molecule has 2 aliphatic rings. The first-order valence-electron chi connectivity index (χ1n) is 6.97. The fourth-order valence-corrected chi connectivity index (χ4v) is 2.68. The van der Waals surface area contributed by atoms with Crippen LogP contribution in [-0.4, -0.2) is 38.3 Å². The van der Waals surface area contributed by atoms with Crippen LogP contribution in [0.15, 0.2) is 4.99 Å². The Morgan fingerprint density at radius 3 is 2.71 bits per heavy atom. The molecule has 0 bridgehead atoms. The molecule has 1 saturated carbocycles. The van der Waals surface area contributed by atoms with Crippen LogP contribution in [0.25, 0.3) is 0 Å². The van der Waals surface area contributed by atoms with Crippen LogP contribution in [-0.2, 0) is 4.74 Å². The number of guanidine groups is 1. The second kappa shape index (κ2) is 6.84. The molecule has 0 aromatic carbocycles. The van der Waals surface area contributed by atoms with Crippen molar-refractivity contribution in [1.82, 2.24) is 10.6 Å². The van der Waals surface area contributed by atoms with E-state index >= 15 is 0 Å². The van der Waals surface area contributed by atoms with Gasteiger partial charge in [0.2, 0.25) is 0 Å². The Morgan fingerprint density at radius 2 is 2.06 bits per heavy atom. The lowest BCUT2D eigenvalue weighted by Gasteiger charge is -2.17. The first kappa shape index (κ1) is 12.7. The minimum absolute atomic E-state index is 0.465. The second-order valence-corrected chi connectivity index (χ2v) is 5.05. The van der Waals surface area contributed by atoms with Gasteiger partial charge in [-0.2, -0.15) is 0 Å². The topological polar surface area (TPSA) is 45.7 Å². The van der Waals surface area contributed by atoms with Gasteiger partial charge < -0.3 is 15.4 Å². The van der Waals surface area contributed by atoms with Crippen molar-refractivity contribution >= 4 is 5.96 Å². The van der Waals surface area contributed by atoms with Crippen molar-refractivity contribution in [2.24, 2.45) is 4.99 Å². The molecule has 1 aliphatic heterocycles. The summed E-state index contributed by atoms with van der Waals surface area (Å²) in [7, 11) is 1.84. The van der Waals surface area contributed by atoms with Crippen LogP contribution < -0.4 is 10.6 Å². The van der Waals surface area contributed by atoms with Gasteiger partial charge in [-0.1, -0.05) is 12.8 Å². The molecule has 0 aromatic heterocycles. The van der Waals surface area contributed by atoms with E-state index < -0.39 is 0 Å². The Kier molecular flexibility index (Phi) is 5.10. The zero-order valence-corrected chi connectivity index (χ0v) is 10.9. The van der Waals surface area contributed by atoms with Crippen molar-refractivity contribution in [2.45, 2.75) is 57.1 Å². The van der Waals surface area contributed by atoms with E-state index in [1.807, 2.05) is 7.05 Å². The number of hydrogen-bond acceptors (Lipinski definition) is 2. The minimum Gasteiger partial charge on any atom is -0.378 e. The standard InChI is InChI=1S/C13H25N3O/c1-14-13(16-11-5-2-3-6-11)15-9-8-12-7-4-10-17-12/h11-12H,2-10H2,1H3,(H2,14,15,16). The SMILES string of the molecule is CN=C(NCCC1CCCO1)NC1CCCC1. The average molecular weight is 239 g/mol. The summed E-state index contributed by atoms with van der Waals surface area (Å²) in [6, 6.07) is 0.629. The van der Waals surface area contributed by atoms with Crippen molar-refractivity contribution in [2.75, 3.05) is 20.2 Å². The lowest BCUT2D eigenvalue weighted by atomic mass is 10.2. The Balaban J connectivity index is 1.61. The monoisotopic (exact) mass is 239 g/mol. The van der Waals surface area contributed by atoms with E-state index in [4.69, 9.17) is 4.74 Å². The maximum absolute atomic E-state index is 5.60. The van der Waals surface area contributed by atoms with Crippen LogP contribution in [0.5, 0.6) is 0 Å². The molecule has 1 unspecified atom stereocenters. The quantitative estimate of drug-likeness (QED) is 0.579. The Bertz CT molecular complexity index is 243. The molecular weight excluding hydrogens is 214 g/mol. The highest BCUT2D eigenvalue weighted by atomic mass is 16.5. The van der Waals surface area contributed by atoms with E-state index in [9.17, 15) is 0 Å². The molecule has 4 heteroatoms. The first-order valence-corrected chi connectivity index (χ1v) is 6.97. The summed E-state index contributed by atoms with van der Waals surface area (Å²) in [4.78, 5) is 4.27. The van der Waals surface area contributed by atoms with Crippen molar-refractivity contribution in [3.8, 4) is 0 Å². The predicted molar refractivity (Wildman–Crippen MR) is 70.3 cm³/mol. The fourth-order valence-electron chi connectivity index (χ4n) is 2.68. The number of hydrogen-bond donors (Lipinski definition) is 2. The molecule has 1 saturated heterocycles. The van der Waals surface area contributed by atoms with Gasteiger partial charge in [0, 0.05) is 26.2 Å². The maximum Gasteiger partial charge on any atom is 0.191 e. The third kappa shape index (κ3) is 4.19. The van der Waals surface area contributed by atoms with Gasteiger partial charge in [-0.25, -0.2) is 0 Å². The highest BCUT2D eigenvalue weighted by Gasteiger charge is 2.17. The van der Waals surface area contributed by atoms with Crippen LogP contribution in [0.3, 0.4) is 0 Å². The number of nitrogens with zero attached hydrogens (tertiary/aromatic N) is 1. The third-order valence-corrected chi connectivity index (χ3v) is 3.70. The van der Waals surface area contributed by atoms with Crippen LogP contribution in [0.1, 0.15) is 44.9 Å². The smallest absolute Gasteiger partial charge is 0.191 e. The van der Waals surface area contributed by atoms with Crippen LogP contribution in [0.4, 0.5) is 0 Å². The Morgan fingerprint density at radius 1 is 1.24 bits per heavy atom. The summed E-state index contributed by atoms with van der Waals surface area (Å²) in [5.41, 5.74) is 0. The van der Waals surface area contributed by atoms with Crippen molar-refractivity contribution < 1.29 is 4.74 Å². The largest absolute Gasteiger partial charge is 0.378 e. The summed E-state index contributed by atoms with van der Waals surface area (Å²) in [5.74, 6) is 0.954. The molecule has 1 heterocycles. The lowest BCUT2D eigenvalue weighted by molar-refractivity contribution is 0.105. The van der Waals surface area contributed by atoms with E-state index in [0.29, 0.717) is 12.1 Å². The minimum atomic E-state index is 0.465. The zero-order chi connectivity index (χ0) is 11.9. The molecule has 4 nitrogen and oxygen atoms in total. The van der Waals surface area contributed by atoms with Gasteiger partial charge in [-0.3, -0.25) is 4.99 Å². The van der Waals surface area contributed by atoms with Gasteiger partial charge in [0.1, 0.15) is 0 Å². The number of rotatable bonds is 4. The normalized spacial score (nSPS) is 26.4. The first-order chi connectivity index (χ1) is 8.38. The van der Waals surface area contributed by atoms with Gasteiger partial charge >= 0.3 is 0 Å². The highest BCUT2D eigenvalue weighted by Crippen LogP contribution is 2.17. The number of nitrogens with one attached hydrogen (secondary N) is 2. The molecule has 0 amide bonds. The van der Waals surface area contributed by atoms with E-state index in [1.165, 1.54) is 38.5 Å². The Labute approximate surface area is 104 Å². The van der Waals surface area contributed by atoms with Gasteiger partial charge in [0.05, 0.1) is 6.10 Å². The maximum atomic E-state index is 5.60. The Hall–Kier alpha value is -0.770. The number of aliphatic imine (C=N–C) groups is 1. The molecule has 0 spiro atoms. The van der Waals surface area contributed by atoms with Crippen molar-refractivity contribution in [1.29, 1.82) is 0 Å². The van der Waals surface area contributed by atoms with E-state index in [2.05, 4.69) is 15.6 Å². The molecule has 1 atom stereocenters. The van der Waals surface area contributed by atoms with Crippen LogP contribution in [0.2, 0.25) is 0 Å². The molecule has 0 radical (unpaired) electrons. The van der Waals surface area contributed by atoms with Crippen LogP contribution in [0, 0.1) is 0 Å². The van der Waals surface area contributed by atoms with Gasteiger partial charge in [-0.15, -0.1) is 0 Å². The average Bonchev–Trinajstić information content (AvgIpc) is 3.00. The fraction of sp³-hybridized carbons (Fsp3) is 0.923. The summed E-state index contributed by atoms with van der Waals surface area (Å²) < 4.78 is 5.60. The van der Waals surface area contributed by atoms with E-state index in [0.717, 1.165) is 25.5 Å². The van der Waals surface area contributed by atoms with Gasteiger partial charge in [0.25, 0.3) is 0 Å². The lowest BCUT2D eigenvalue weighted by Crippen LogP contribution is -2.43. The molecule has 2 rings (SSSR count). The molecule has 0 aromatic rings. The summed E-state index contributed by atoms with van der Waals surface area (Å²) >= 11 is 0. The zero-order valence-electron chi connectivity index (χ0n) is 10.9. The summed E-state index contributed by atoms with van der Waals surface area (Å²) in [6.07, 6.45) is 9.27. The number of ether oxygens (including phenoxy) is 1. The molecule has 98 valence electrons. The molecular formula is C13H25N3O. The third-order valence-electron chi connectivity index (χ3n) is 3.70. The van der Waals surface area contributed by atoms with Crippen LogP contribution >= 0.6 is 0 Å². The van der Waals surface area contributed by atoms with Gasteiger partial charge in [0.15, 0.2) is 5.96 Å². The predicted octanol–water partition coefficient (Wildman–Crippen LogP) is 1.66. The second-order valence-electron chi connectivity index (χ2n) is 5.05. The van der Waals surface area contributed by atoms with Crippen molar-refractivity contribution in [3.05, 3.63) is 0 Å². The summed E-state index contributed by atoms with van der Waals surface area (Å²) in [6.45, 7) is 1.90. The van der Waals surface area contributed by atoms with E-state index in [1.54, 1.807) is 0 Å². The molecule has 1 aliphatic carbocycles. The van der Waals surface area contributed by atoms with Gasteiger partial charge in [-0.05, 0) is 32.1 Å². The van der Waals surface area contributed by atoms with Crippen molar-refractivity contribution in [3.63, 3.8) is 0 Å². The molecule has 2 N–H and O–H groups in total. The summed E-state index contributed by atoms with van der Waals surface area (Å²) in [5, 5.41) is 6.87. The molecule has 2 fully saturated rings. The highest BCUT2D eigenvalue weighted by molar-refractivity contribution is 5.79. The van der Waals surface area contributed by atoms with E-state index in [-0.39, 0.29) is 0 Å².